The quantitative estimate of drug-likeness (QED) is 0.752. The summed E-state index contributed by atoms with van der Waals surface area (Å²) in [6, 6.07) is 0. The molecular weight excluding hydrogens is 218 g/mol. The lowest BCUT2D eigenvalue weighted by Crippen LogP contribution is -2.38. The van der Waals surface area contributed by atoms with Crippen LogP contribution in [0.2, 0.25) is 0 Å². The van der Waals surface area contributed by atoms with Gasteiger partial charge in [0.25, 0.3) is 0 Å². The van der Waals surface area contributed by atoms with Gasteiger partial charge in [0, 0.05) is 17.5 Å². The first-order valence-electron chi connectivity index (χ1n) is 6.28. The second-order valence-electron chi connectivity index (χ2n) is 5.10. The highest BCUT2D eigenvalue weighted by molar-refractivity contribution is 6.01. The molecule has 0 aromatic carbocycles. The maximum absolute atomic E-state index is 12.3. The van der Waals surface area contributed by atoms with E-state index in [2.05, 4.69) is 4.90 Å². The monoisotopic (exact) mass is 237 g/mol. The fraction of sp³-hybridized carbons (Fsp3) is 0.692. The first-order valence-corrected chi connectivity index (χ1v) is 6.28. The largest absolute Gasteiger partial charge is 0.478 e. The van der Waals surface area contributed by atoms with E-state index in [4.69, 9.17) is 5.11 Å². The minimum atomic E-state index is -0.970. The molecule has 0 saturated carbocycles. The molecule has 2 rings (SSSR count). The zero-order chi connectivity index (χ0) is 12.5. The summed E-state index contributed by atoms with van der Waals surface area (Å²) in [6.45, 7) is 4.65. The van der Waals surface area contributed by atoms with Crippen LogP contribution in [-0.2, 0) is 9.59 Å². The Morgan fingerprint density at radius 1 is 1.35 bits per heavy atom. The number of piperidine rings is 1. The molecule has 2 fully saturated rings. The van der Waals surface area contributed by atoms with Gasteiger partial charge in [-0.15, -0.1) is 0 Å². The molecule has 4 heteroatoms. The second kappa shape index (κ2) is 4.61. The summed E-state index contributed by atoms with van der Waals surface area (Å²) < 4.78 is 0. The van der Waals surface area contributed by atoms with Crippen molar-refractivity contribution in [1.82, 2.24) is 4.90 Å². The molecule has 94 valence electrons. The van der Waals surface area contributed by atoms with E-state index in [1.165, 1.54) is 6.08 Å². The van der Waals surface area contributed by atoms with Gasteiger partial charge in [-0.25, -0.2) is 4.79 Å². The van der Waals surface area contributed by atoms with Crippen LogP contribution in [0.3, 0.4) is 0 Å². The van der Waals surface area contributed by atoms with Crippen molar-refractivity contribution in [3.8, 4) is 0 Å². The number of allylic oxidation sites excluding steroid dienone is 1. The lowest BCUT2D eigenvalue weighted by molar-refractivity contribution is -0.133. The Morgan fingerprint density at radius 2 is 2.12 bits per heavy atom. The molecule has 0 aromatic rings. The van der Waals surface area contributed by atoms with Crippen molar-refractivity contribution in [3.05, 3.63) is 11.6 Å². The van der Waals surface area contributed by atoms with Gasteiger partial charge in [0.05, 0.1) is 0 Å². The predicted octanol–water partition coefficient (Wildman–Crippen LogP) is 1.46. The molecule has 0 spiro atoms. The molecular formula is C13H19NO3. The van der Waals surface area contributed by atoms with Gasteiger partial charge in [-0.1, -0.05) is 6.92 Å². The number of carboxylic acids is 1. The first-order chi connectivity index (χ1) is 8.07. The molecule has 2 saturated heterocycles. The Kier molecular flexibility index (Phi) is 3.33. The molecule has 1 N–H and O–H groups in total. The van der Waals surface area contributed by atoms with Crippen LogP contribution in [0.25, 0.3) is 0 Å². The number of ketones is 1. The molecule has 0 radical (unpaired) electrons. The van der Waals surface area contributed by atoms with Gasteiger partial charge in [0.1, 0.15) is 0 Å². The number of aliphatic carboxylic acids is 1. The summed E-state index contributed by atoms with van der Waals surface area (Å²) >= 11 is 0. The summed E-state index contributed by atoms with van der Waals surface area (Å²) in [7, 11) is 0. The van der Waals surface area contributed by atoms with Crippen molar-refractivity contribution < 1.29 is 14.7 Å². The fourth-order valence-electron chi connectivity index (χ4n) is 2.94. The topological polar surface area (TPSA) is 57.6 Å². The highest BCUT2D eigenvalue weighted by Crippen LogP contribution is 2.40. The maximum atomic E-state index is 12.3. The number of hydrogen-bond donors (Lipinski definition) is 1. The molecule has 2 aliphatic rings. The third-order valence-corrected chi connectivity index (χ3v) is 4.05. The number of carboxylic acid groups (broad SMARTS) is 1. The SMILES string of the molecule is CCC(=CC(=O)C12CCCN(CC1)C2)C(=O)O. The molecule has 0 aliphatic carbocycles. The average molecular weight is 237 g/mol. The van der Waals surface area contributed by atoms with Crippen LogP contribution >= 0.6 is 0 Å². The molecule has 2 atom stereocenters. The molecule has 2 unspecified atom stereocenters. The third kappa shape index (κ3) is 2.27. The van der Waals surface area contributed by atoms with E-state index in [1.54, 1.807) is 6.92 Å². The van der Waals surface area contributed by atoms with Gasteiger partial charge in [0.15, 0.2) is 5.78 Å². The van der Waals surface area contributed by atoms with Crippen LogP contribution in [0, 0.1) is 5.41 Å². The van der Waals surface area contributed by atoms with Gasteiger partial charge in [0.2, 0.25) is 0 Å². The van der Waals surface area contributed by atoms with E-state index in [9.17, 15) is 9.59 Å². The second-order valence-corrected chi connectivity index (χ2v) is 5.10. The van der Waals surface area contributed by atoms with Crippen molar-refractivity contribution in [2.24, 2.45) is 5.41 Å². The van der Waals surface area contributed by atoms with Crippen LogP contribution < -0.4 is 0 Å². The summed E-state index contributed by atoms with van der Waals surface area (Å²) in [5.41, 5.74) is -0.0536. The Balaban J connectivity index is 2.17. The number of nitrogens with zero attached hydrogens (tertiary/aromatic N) is 1. The summed E-state index contributed by atoms with van der Waals surface area (Å²) in [4.78, 5) is 25.5. The Hall–Kier alpha value is -1.16. The van der Waals surface area contributed by atoms with Crippen molar-refractivity contribution in [2.45, 2.75) is 32.6 Å². The summed E-state index contributed by atoms with van der Waals surface area (Å²) in [5, 5.41) is 8.96. The lowest BCUT2D eigenvalue weighted by atomic mass is 9.76. The Labute approximate surface area is 101 Å². The van der Waals surface area contributed by atoms with Gasteiger partial charge in [-0.3, -0.25) is 4.79 Å². The molecule has 2 bridgehead atoms. The molecule has 0 amide bonds. The highest BCUT2D eigenvalue weighted by Gasteiger charge is 2.45. The third-order valence-electron chi connectivity index (χ3n) is 4.05. The van der Waals surface area contributed by atoms with Crippen LogP contribution in [0.4, 0.5) is 0 Å². The van der Waals surface area contributed by atoms with E-state index < -0.39 is 5.97 Å². The van der Waals surface area contributed by atoms with E-state index in [-0.39, 0.29) is 16.8 Å². The van der Waals surface area contributed by atoms with Crippen LogP contribution in [0.15, 0.2) is 11.6 Å². The lowest BCUT2D eigenvalue weighted by Gasteiger charge is -2.31. The average Bonchev–Trinajstić information content (AvgIpc) is 2.62. The van der Waals surface area contributed by atoms with Crippen LogP contribution in [0.5, 0.6) is 0 Å². The Morgan fingerprint density at radius 3 is 2.76 bits per heavy atom. The normalized spacial score (nSPS) is 32.5. The fourth-order valence-corrected chi connectivity index (χ4v) is 2.94. The number of rotatable bonds is 4. The first kappa shape index (κ1) is 12.3. The molecule has 2 heterocycles. The molecule has 2 aliphatic heterocycles. The number of carbonyl (C=O) groups is 2. The maximum Gasteiger partial charge on any atom is 0.331 e. The number of carbonyl (C=O) groups excluding carboxylic acids is 1. The predicted molar refractivity (Wildman–Crippen MR) is 63.7 cm³/mol. The standard InChI is InChI=1S/C13H19NO3/c1-2-10(12(16)17)8-11(15)13-4-3-6-14(9-13)7-5-13/h8H,2-7,9H2,1H3,(H,16,17). The molecule has 4 nitrogen and oxygen atoms in total. The van der Waals surface area contributed by atoms with Gasteiger partial charge in [-0.05, 0) is 44.8 Å². The molecule has 0 aromatic heterocycles. The van der Waals surface area contributed by atoms with Crippen molar-refractivity contribution in [1.29, 1.82) is 0 Å². The van der Waals surface area contributed by atoms with E-state index >= 15 is 0 Å². The number of fused-ring (bicyclic) bond motifs is 2. The smallest absolute Gasteiger partial charge is 0.331 e. The van der Waals surface area contributed by atoms with E-state index in [1.807, 2.05) is 0 Å². The van der Waals surface area contributed by atoms with E-state index in [0.29, 0.717) is 6.42 Å². The van der Waals surface area contributed by atoms with Crippen molar-refractivity contribution in [2.75, 3.05) is 19.6 Å². The van der Waals surface area contributed by atoms with Gasteiger partial charge >= 0.3 is 5.97 Å². The van der Waals surface area contributed by atoms with Crippen LogP contribution in [0.1, 0.15) is 32.6 Å². The summed E-state index contributed by atoms with van der Waals surface area (Å²) in [5.74, 6) is -0.943. The van der Waals surface area contributed by atoms with E-state index in [0.717, 1.165) is 38.9 Å². The highest BCUT2D eigenvalue weighted by atomic mass is 16.4. The minimum absolute atomic E-state index is 0.0268. The number of hydrogen-bond acceptors (Lipinski definition) is 3. The minimum Gasteiger partial charge on any atom is -0.478 e. The van der Waals surface area contributed by atoms with Crippen LogP contribution in [-0.4, -0.2) is 41.4 Å². The zero-order valence-electron chi connectivity index (χ0n) is 10.2. The van der Waals surface area contributed by atoms with Crippen molar-refractivity contribution >= 4 is 11.8 Å². The van der Waals surface area contributed by atoms with Gasteiger partial charge in [-0.2, -0.15) is 0 Å². The van der Waals surface area contributed by atoms with Gasteiger partial charge < -0.3 is 10.0 Å². The Bertz CT molecular complexity index is 371. The zero-order valence-corrected chi connectivity index (χ0v) is 10.2. The summed E-state index contributed by atoms with van der Waals surface area (Å²) in [6.07, 6.45) is 4.63. The molecule has 17 heavy (non-hydrogen) atoms. The van der Waals surface area contributed by atoms with Crippen molar-refractivity contribution in [3.63, 3.8) is 0 Å².